The number of hydrogen-bond acceptors (Lipinski definition) is 3. The maximum Gasteiger partial charge on any atom is 0.0931 e. The van der Waals surface area contributed by atoms with E-state index in [-0.39, 0.29) is 5.92 Å². The number of imidazole rings is 1. The van der Waals surface area contributed by atoms with Gasteiger partial charge in [-0.15, -0.1) is 0 Å². The molecule has 2 aromatic rings. The largest absolute Gasteiger partial charge is 0.345 e. The van der Waals surface area contributed by atoms with E-state index in [2.05, 4.69) is 54.0 Å². The lowest BCUT2D eigenvalue weighted by atomic mass is 9.97. The van der Waals surface area contributed by atoms with Gasteiger partial charge < -0.3 is 9.88 Å². The monoisotopic (exact) mass is 256 g/mol. The van der Waals surface area contributed by atoms with Gasteiger partial charge in [0.2, 0.25) is 0 Å². The maximum absolute atomic E-state index is 9.14. The number of aromatic nitrogens is 2. The van der Waals surface area contributed by atoms with Crippen molar-refractivity contribution < 1.29 is 0 Å². The second-order valence-corrected chi connectivity index (χ2v) is 5.43. The molecule has 1 heterocycles. The van der Waals surface area contributed by atoms with Crippen LogP contribution in [0.25, 0.3) is 11.0 Å². The summed E-state index contributed by atoms with van der Waals surface area (Å²) in [5.41, 5.74) is 3.29. The molecule has 100 valence electrons. The molecule has 0 aliphatic heterocycles. The molecular formula is C15H20N4. The lowest BCUT2D eigenvalue weighted by Crippen LogP contribution is -2.27. The number of rotatable bonds is 5. The van der Waals surface area contributed by atoms with Crippen molar-refractivity contribution in [3.05, 3.63) is 30.1 Å². The van der Waals surface area contributed by atoms with Crippen molar-refractivity contribution in [1.82, 2.24) is 14.9 Å². The van der Waals surface area contributed by atoms with E-state index < -0.39 is 0 Å². The first kappa shape index (κ1) is 13.6. The van der Waals surface area contributed by atoms with Crippen LogP contribution < -0.4 is 0 Å². The molecule has 0 bridgehead atoms. The van der Waals surface area contributed by atoms with Gasteiger partial charge in [-0.1, -0.05) is 19.9 Å². The van der Waals surface area contributed by atoms with Crippen molar-refractivity contribution in [2.45, 2.75) is 20.4 Å². The fourth-order valence-electron chi connectivity index (χ4n) is 2.19. The van der Waals surface area contributed by atoms with Gasteiger partial charge in [0.15, 0.2) is 0 Å². The summed E-state index contributed by atoms with van der Waals surface area (Å²) in [6, 6.07) is 8.63. The predicted octanol–water partition coefficient (Wildman–Crippen LogP) is 2.79. The fourth-order valence-corrected chi connectivity index (χ4v) is 2.19. The molecule has 19 heavy (non-hydrogen) atoms. The van der Waals surface area contributed by atoms with E-state index in [1.165, 1.54) is 5.56 Å². The Bertz CT molecular complexity index is 579. The average Bonchev–Trinajstić information content (AvgIpc) is 2.82. The maximum atomic E-state index is 9.14. The highest BCUT2D eigenvalue weighted by molar-refractivity contribution is 5.74. The zero-order chi connectivity index (χ0) is 13.8. The molecule has 0 amide bonds. The highest BCUT2D eigenvalue weighted by atomic mass is 15.1. The number of nitrogens with zero attached hydrogens (tertiary/aromatic N) is 3. The summed E-state index contributed by atoms with van der Waals surface area (Å²) >= 11 is 0. The van der Waals surface area contributed by atoms with Gasteiger partial charge in [0.05, 0.1) is 29.3 Å². The molecule has 0 saturated heterocycles. The Kier molecular flexibility index (Phi) is 4.18. The number of H-pyrrole nitrogens is 1. The van der Waals surface area contributed by atoms with Crippen LogP contribution in [0.2, 0.25) is 0 Å². The van der Waals surface area contributed by atoms with Crippen LogP contribution in [0.5, 0.6) is 0 Å². The van der Waals surface area contributed by atoms with E-state index in [1.54, 1.807) is 6.33 Å². The van der Waals surface area contributed by atoms with Gasteiger partial charge in [-0.2, -0.15) is 5.26 Å². The third kappa shape index (κ3) is 3.33. The summed E-state index contributed by atoms with van der Waals surface area (Å²) in [4.78, 5) is 9.53. The minimum atomic E-state index is 0.0842. The van der Waals surface area contributed by atoms with Crippen molar-refractivity contribution in [1.29, 1.82) is 5.26 Å². The van der Waals surface area contributed by atoms with Crippen molar-refractivity contribution >= 4 is 11.0 Å². The molecule has 1 aromatic heterocycles. The molecule has 4 nitrogen and oxygen atoms in total. The molecule has 2 rings (SSSR count). The molecule has 0 saturated carbocycles. The van der Waals surface area contributed by atoms with Crippen molar-refractivity contribution in [2.24, 2.45) is 11.8 Å². The van der Waals surface area contributed by atoms with Gasteiger partial charge in [-0.05, 0) is 30.7 Å². The highest BCUT2D eigenvalue weighted by Gasteiger charge is 2.15. The Morgan fingerprint density at radius 3 is 2.89 bits per heavy atom. The summed E-state index contributed by atoms with van der Waals surface area (Å²) < 4.78 is 0. The van der Waals surface area contributed by atoms with E-state index in [1.807, 2.05) is 6.07 Å². The fraction of sp³-hybridized carbons (Fsp3) is 0.467. The van der Waals surface area contributed by atoms with Gasteiger partial charge in [0, 0.05) is 13.1 Å². The number of nitriles is 1. The Morgan fingerprint density at radius 1 is 1.42 bits per heavy atom. The van der Waals surface area contributed by atoms with Crippen LogP contribution in [0.15, 0.2) is 24.5 Å². The molecule has 4 heteroatoms. The molecule has 0 radical (unpaired) electrons. The predicted molar refractivity (Wildman–Crippen MR) is 76.4 cm³/mol. The quantitative estimate of drug-likeness (QED) is 0.895. The summed E-state index contributed by atoms with van der Waals surface area (Å²) in [6.07, 6.45) is 1.71. The zero-order valence-corrected chi connectivity index (χ0v) is 11.7. The Balaban J connectivity index is 2.02. The SMILES string of the molecule is CC(C)C(C#N)CN(C)Cc1ccc2nc[nH]c2c1. The lowest BCUT2D eigenvalue weighted by molar-refractivity contribution is 0.265. The molecule has 1 atom stereocenters. The van der Waals surface area contributed by atoms with Crippen LogP contribution in [0.3, 0.4) is 0 Å². The summed E-state index contributed by atoms with van der Waals surface area (Å²) in [5.74, 6) is 0.475. The highest BCUT2D eigenvalue weighted by Crippen LogP contribution is 2.15. The molecule has 0 aliphatic carbocycles. The van der Waals surface area contributed by atoms with Gasteiger partial charge in [-0.3, -0.25) is 0 Å². The first-order chi connectivity index (χ1) is 9.10. The number of nitrogens with one attached hydrogen (secondary N) is 1. The third-order valence-electron chi connectivity index (χ3n) is 3.42. The zero-order valence-electron chi connectivity index (χ0n) is 11.7. The van der Waals surface area contributed by atoms with Gasteiger partial charge in [0.25, 0.3) is 0 Å². The van der Waals surface area contributed by atoms with E-state index in [4.69, 9.17) is 5.26 Å². The van der Waals surface area contributed by atoms with Gasteiger partial charge >= 0.3 is 0 Å². The number of hydrogen-bond donors (Lipinski definition) is 1. The van der Waals surface area contributed by atoms with Crippen LogP contribution in [0.1, 0.15) is 19.4 Å². The van der Waals surface area contributed by atoms with E-state index in [0.717, 1.165) is 24.1 Å². The second-order valence-electron chi connectivity index (χ2n) is 5.43. The van der Waals surface area contributed by atoms with Crippen LogP contribution in [-0.2, 0) is 6.54 Å². The Labute approximate surface area is 114 Å². The summed E-state index contributed by atoms with van der Waals surface area (Å²) in [5, 5.41) is 9.14. The number of benzene rings is 1. The minimum Gasteiger partial charge on any atom is -0.345 e. The van der Waals surface area contributed by atoms with Crippen molar-refractivity contribution in [3.63, 3.8) is 0 Å². The third-order valence-corrected chi connectivity index (χ3v) is 3.42. The summed E-state index contributed by atoms with van der Waals surface area (Å²) in [6.45, 7) is 5.84. The summed E-state index contributed by atoms with van der Waals surface area (Å²) in [7, 11) is 2.06. The minimum absolute atomic E-state index is 0.0842. The lowest BCUT2D eigenvalue weighted by Gasteiger charge is -2.22. The van der Waals surface area contributed by atoms with Crippen LogP contribution in [-0.4, -0.2) is 28.5 Å². The van der Waals surface area contributed by atoms with Crippen molar-refractivity contribution in [3.8, 4) is 6.07 Å². The van der Waals surface area contributed by atoms with Crippen LogP contribution in [0.4, 0.5) is 0 Å². The van der Waals surface area contributed by atoms with Gasteiger partial charge in [0.1, 0.15) is 0 Å². The van der Waals surface area contributed by atoms with Crippen molar-refractivity contribution in [2.75, 3.05) is 13.6 Å². The molecule has 0 aliphatic rings. The average molecular weight is 256 g/mol. The topological polar surface area (TPSA) is 55.7 Å². The Morgan fingerprint density at radius 2 is 2.21 bits per heavy atom. The second kappa shape index (κ2) is 5.85. The molecule has 1 N–H and O–H groups in total. The molecule has 0 fully saturated rings. The molecule has 1 unspecified atom stereocenters. The molecular weight excluding hydrogens is 236 g/mol. The molecule has 0 spiro atoms. The number of fused-ring (bicyclic) bond motifs is 1. The smallest absolute Gasteiger partial charge is 0.0931 e. The van der Waals surface area contributed by atoms with E-state index in [9.17, 15) is 0 Å². The first-order valence-electron chi connectivity index (χ1n) is 6.60. The normalized spacial score (nSPS) is 13.1. The number of aromatic amines is 1. The van der Waals surface area contributed by atoms with Gasteiger partial charge in [-0.25, -0.2) is 4.98 Å². The van der Waals surface area contributed by atoms with Crippen LogP contribution >= 0.6 is 0 Å². The van der Waals surface area contributed by atoms with E-state index in [0.29, 0.717) is 5.92 Å². The Hall–Kier alpha value is -1.86. The van der Waals surface area contributed by atoms with Crippen LogP contribution in [0, 0.1) is 23.2 Å². The van der Waals surface area contributed by atoms with E-state index >= 15 is 0 Å². The molecule has 1 aromatic carbocycles. The standard InChI is InChI=1S/C15H20N4/c1-11(2)13(7-16)9-19(3)8-12-4-5-14-15(6-12)18-10-17-14/h4-6,10-11,13H,8-9H2,1-3H3,(H,17,18). The first-order valence-corrected chi connectivity index (χ1v) is 6.60.